The number of aromatic nitrogens is 3. The van der Waals surface area contributed by atoms with Gasteiger partial charge < -0.3 is 10.6 Å². The molecule has 1 aliphatic carbocycles. The zero-order valence-corrected chi connectivity index (χ0v) is 13.9. The van der Waals surface area contributed by atoms with Crippen molar-refractivity contribution in [3.63, 3.8) is 0 Å². The van der Waals surface area contributed by atoms with E-state index in [-0.39, 0.29) is 6.04 Å². The largest absolute Gasteiger partial charge is 0.359 e. The molecular weight excluding hydrogens is 374 g/mol. The first-order valence-electron chi connectivity index (χ1n) is 6.29. The Balaban J connectivity index is 1.58. The van der Waals surface area contributed by atoms with E-state index in [9.17, 15) is 0 Å². The van der Waals surface area contributed by atoms with Gasteiger partial charge in [0, 0.05) is 30.6 Å². The monoisotopic (exact) mass is 383 g/mol. The average Bonchev–Trinajstić information content (AvgIpc) is 3.21. The molecule has 0 bridgehead atoms. The van der Waals surface area contributed by atoms with Gasteiger partial charge in [-0.3, -0.25) is 4.98 Å². The van der Waals surface area contributed by atoms with Gasteiger partial charge in [0.2, 0.25) is 0 Å². The number of hydrogen-bond acceptors (Lipinski definition) is 4. The van der Waals surface area contributed by atoms with Gasteiger partial charge in [-0.2, -0.15) is 0 Å². The molecule has 3 rings (SSSR count). The van der Waals surface area contributed by atoms with Gasteiger partial charge in [0.05, 0.1) is 10.7 Å². The van der Waals surface area contributed by atoms with Gasteiger partial charge in [0.1, 0.15) is 4.60 Å². The van der Waals surface area contributed by atoms with Gasteiger partial charge in [0.15, 0.2) is 10.9 Å². The lowest BCUT2D eigenvalue weighted by molar-refractivity contribution is 0.858. The second-order valence-electron chi connectivity index (χ2n) is 4.61. The molecule has 2 aromatic rings. The van der Waals surface area contributed by atoms with Crippen molar-refractivity contribution in [2.75, 3.05) is 5.32 Å². The standard InChI is InChI=1S/C13H11BrClN5S/c14-11-12(18-5-4-17-11)20-13(21)19-9-6-7(9)10-8(15)2-1-3-16-10/h1-5,7,9H,6H2,(H2,18,19,20,21). The molecule has 0 spiro atoms. The Bertz CT molecular complexity index is 683. The minimum Gasteiger partial charge on any atom is -0.359 e. The quantitative estimate of drug-likeness (QED) is 0.793. The van der Waals surface area contributed by atoms with E-state index in [0.29, 0.717) is 26.5 Å². The first-order chi connectivity index (χ1) is 10.1. The minimum absolute atomic E-state index is 0.243. The van der Waals surface area contributed by atoms with E-state index in [0.717, 1.165) is 12.1 Å². The fourth-order valence-corrected chi connectivity index (χ4v) is 2.87. The first kappa shape index (κ1) is 14.6. The number of hydrogen-bond donors (Lipinski definition) is 2. The van der Waals surface area contributed by atoms with E-state index < -0.39 is 0 Å². The summed E-state index contributed by atoms with van der Waals surface area (Å²) >= 11 is 14.7. The van der Waals surface area contributed by atoms with Crippen molar-refractivity contribution < 1.29 is 0 Å². The van der Waals surface area contributed by atoms with E-state index in [1.807, 2.05) is 12.1 Å². The number of nitrogens with zero attached hydrogens (tertiary/aromatic N) is 3. The van der Waals surface area contributed by atoms with Crippen molar-refractivity contribution in [3.05, 3.63) is 46.0 Å². The van der Waals surface area contributed by atoms with Crippen LogP contribution >= 0.6 is 39.7 Å². The number of halogens is 2. The second-order valence-corrected chi connectivity index (χ2v) is 6.18. The number of anilines is 1. The average molecular weight is 385 g/mol. The zero-order chi connectivity index (χ0) is 14.8. The molecule has 0 aliphatic heterocycles. The zero-order valence-electron chi connectivity index (χ0n) is 10.8. The number of pyridine rings is 1. The van der Waals surface area contributed by atoms with Crippen molar-refractivity contribution >= 4 is 50.7 Å². The maximum absolute atomic E-state index is 6.15. The van der Waals surface area contributed by atoms with Gasteiger partial charge in [-0.05, 0) is 46.7 Å². The molecule has 1 fully saturated rings. The van der Waals surface area contributed by atoms with Gasteiger partial charge in [0.25, 0.3) is 0 Å². The van der Waals surface area contributed by atoms with Crippen LogP contribution in [0.15, 0.2) is 35.3 Å². The maximum atomic E-state index is 6.15. The fourth-order valence-electron chi connectivity index (χ4n) is 2.04. The third-order valence-electron chi connectivity index (χ3n) is 3.13. The van der Waals surface area contributed by atoms with Crippen LogP contribution in [0.5, 0.6) is 0 Å². The lowest BCUT2D eigenvalue weighted by Crippen LogP contribution is -2.31. The van der Waals surface area contributed by atoms with Gasteiger partial charge in [-0.25, -0.2) is 9.97 Å². The normalized spacial score (nSPS) is 19.9. The summed E-state index contributed by atoms with van der Waals surface area (Å²) in [5, 5.41) is 7.46. The van der Waals surface area contributed by atoms with Crippen molar-refractivity contribution in [2.45, 2.75) is 18.4 Å². The van der Waals surface area contributed by atoms with E-state index >= 15 is 0 Å². The molecule has 1 aliphatic rings. The van der Waals surface area contributed by atoms with Gasteiger partial charge in [-0.15, -0.1) is 0 Å². The third kappa shape index (κ3) is 3.48. The summed E-state index contributed by atoms with van der Waals surface area (Å²) in [5.41, 5.74) is 0.917. The molecule has 2 heterocycles. The summed E-state index contributed by atoms with van der Waals surface area (Å²) in [6.45, 7) is 0. The molecule has 108 valence electrons. The molecule has 1 saturated carbocycles. The molecule has 2 atom stereocenters. The Morgan fingerprint density at radius 1 is 1.29 bits per heavy atom. The van der Waals surface area contributed by atoms with Crippen LogP contribution in [-0.4, -0.2) is 26.1 Å². The van der Waals surface area contributed by atoms with Gasteiger partial charge >= 0.3 is 0 Å². The van der Waals surface area contributed by atoms with E-state index in [1.54, 1.807) is 18.6 Å². The smallest absolute Gasteiger partial charge is 0.172 e. The lowest BCUT2D eigenvalue weighted by atomic mass is 10.2. The summed E-state index contributed by atoms with van der Waals surface area (Å²) in [7, 11) is 0. The Labute approximate surface area is 140 Å². The molecule has 0 radical (unpaired) electrons. The van der Waals surface area contributed by atoms with Crippen LogP contribution in [0, 0.1) is 0 Å². The van der Waals surface area contributed by atoms with Crippen LogP contribution in [-0.2, 0) is 0 Å². The molecule has 2 aromatic heterocycles. The van der Waals surface area contributed by atoms with Crippen LogP contribution in [0.1, 0.15) is 18.0 Å². The molecular formula is C13H11BrClN5S. The fraction of sp³-hybridized carbons (Fsp3) is 0.231. The first-order valence-corrected chi connectivity index (χ1v) is 7.87. The highest BCUT2D eigenvalue weighted by Gasteiger charge is 2.41. The number of thiocarbonyl (C=S) groups is 1. The topological polar surface area (TPSA) is 62.7 Å². The van der Waals surface area contributed by atoms with Crippen LogP contribution < -0.4 is 10.6 Å². The molecule has 21 heavy (non-hydrogen) atoms. The summed E-state index contributed by atoms with van der Waals surface area (Å²) in [4.78, 5) is 12.6. The van der Waals surface area contributed by atoms with E-state index in [2.05, 4.69) is 41.5 Å². The summed E-state index contributed by atoms with van der Waals surface area (Å²) < 4.78 is 0.620. The Hall–Kier alpha value is -1.31. The summed E-state index contributed by atoms with van der Waals surface area (Å²) in [6, 6.07) is 3.92. The van der Waals surface area contributed by atoms with Crippen molar-refractivity contribution in [2.24, 2.45) is 0 Å². The summed E-state index contributed by atoms with van der Waals surface area (Å²) in [6.07, 6.45) is 5.92. The highest BCUT2D eigenvalue weighted by atomic mass is 79.9. The molecule has 0 saturated heterocycles. The molecule has 8 heteroatoms. The Kier molecular flexibility index (Phi) is 4.32. The van der Waals surface area contributed by atoms with Crippen molar-refractivity contribution in [1.82, 2.24) is 20.3 Å². The number of rotatable bonds is 3. The Morgan fingerprint density at radius 3 is 2.86 bits per heavy atom. The van der Waals surface area contributed by atoms with Crippen molar-refractivity contribution in [3.8, 4) is 0 Å². The predicted molar refractivity (Wildman–Crippen MR) is 89.5 cm³/mol. The molecule has 0 aromatic carbocycles. The van der Waals surface area contributed by atoms with Crippen LogP contribution in [0.2, 0.25) is 5.02 Å². The number of nitrogens with one attached hydrogen (secondary N) is 2. The second kappa shape index (κ2) is 6.21. The SMILES string of the molecule is S=C(Nc1nccnc1Br)NC1CC1c1ncccc1Cl. The maximum Gasteiger partial charge on any atom is 0.172 e. The molecule has 2 N–H and O–H groups in total. The highest BCUT2D eigenvalue weighted by molar-refractivity contribution is 9.10. The van der Waals surface area contributed by atoms with Crippen LogP contribution in [0.3, 0.4) is 0 Å². The van der Waals surface area contributed by atoms with Crippen LogP contribution in [0.25, 0.3) is 0 Å². The summed E-state index contributed by atoms with van der Waals surface area (Å²) in [5.74, 6) is 0.881. The van der Waals surface area contributed by atoms with Crippen LogP contribution in [0.4, 0.5) is 5.82 Å². The molecule has 0 amide bonds. The molecule has 5 nitrogen and oxygen atoms in total. The third-order valence-corrected chi connectivity index (χ3v) is 4.25. The van der Waals surface area contributed by atoms with Crippen molar-refractivity contribution in [1.29, 1.82) is 0 Å². The highest BCUT2D eigenvalue weighted by Crippen LogP contribution is 2.42. The van der Waals surface area contributed by atoms with E-state index in [4.69, 9.17) is 23.8 Å². The predicted octanol–water partition coefficient (Wildman–Crippen LogP) is 3.13. The molecule has 2 unspecified atom stereocenters. The lowest BCUT2D eigenvalue weighted by Gasteiger charge is -2.10. The van der Waals surface area contributed by atoms with E-state index in [1.165, 1.54) is 0 Å². The van der Waals surface area contributed by atoms with Gasteiger partial charge in [-0.1, -0.05) is 11.6 Å². The minimum atomic E-state index is 0.243. The Morgan fingerprint density at radius 2 is 2.10 bits per heavy atom.